The van der Waals surface area contributed by atoms with E-state index in [0.717, 1.165) is 22.5 Å². The van der Waals surface area contributed by atoms with Gasteiger partial charge in [0.2, 0.25) is 0 Å². The topological polar surface area (TPSA) is 52.5 Å². The van der Waals surface area contributed by atoms with Crippen LogP contribution in [0.3, 0.4) is 0 Å². The molecule has 0 aliphatic rings. The fraction of sp³-hybridized carbons (Fsp3) is 0. The van der Waals surface area contributed by atoms with Gasteiger partial charge in [0.1, 0.15) is 0 Å². The van der Waals surface area contributed by atoms with E-state index >= 15 is 0 Å². The van der Waals surface area contributed by atoms with Crippen LogP contribution in [0.1, 0.15) is 0 Å². The van der Waals surface area contributed by atoms with Crippen molar-refractivity contribution in [1.29, 1.82) is 0 Å². The Hall–Kier alpha value is -3.34. The van der Waals surface area contributed by atoms with Gasteiger partial charge < -0.3 is 15.4 Å². The average Bonchev–Trinajstić information content (AvgIpc) is 2.75. The van der Waals surface area contributed by atoms with Gasteiger partial charge in [-0.05, 0) is 40.4 Å². The maximum absolute atomic E-state index is 9.24. The Kier molecular flexibility index (Phi) is 5.24. The van der Waals surface area contributed by atoms with Crippen LogP contribution in [0.4, 0.5) is 11.4 Å². The second-order valence-electron chi connectivity index (χ2n) is 6.61. The molecule has 0 spiro atoms. The van der Waals surface area contributed by atoms with E-state index in [1.165, 1.54) is 11.1 Å². The van der Waals surface area contributed by atoms with Crippen LogP contribution in [-0.4, -0.2) is 17.2 Å². The molecule has 0 fully saturated rings. The molecule has 0 heterocycles. The molecule has 3 nitrogen and oxygen atoms in total. The predicted octanol–water partition coefficient (Wildman–Crippen LogP) is 4.44. The summed E-state index contributed by atoms with van der Waals surface area (Å²) < 4.78 is 0. The van der Waals surface area contributed by atoms with Crippen molar-refractivity contribution < 1.29 is 10.0 Å². The summed E-state index contributed by atoms with van der Waals surface area (Å²) in [6.45, 7) is 0. The summed E-state index contributed by atoms with van der Waals surface area (Å²) in [5.74, 6) is 0. The highest BCUT2D eigenvalue weighted by Crippen LogP contribution is 2.31. The molecule has 0 amide bonds. The van der Waals surface area contributed by atoms with E-state index in [1.807, 2.05) is 48.5 Å². The molecule has 0 aliphatic carbocycles. The van der Waals surface area contributed by atoms with Crippen molar-refractivity contribution in [2.24, 2.45) is 0 Å². The fourth-order valence-corrected chi connectivity index (χ4v) is 3.21. The standard InChI is InChI=1S/C24H20BNO2/c27-25(28)21-14-16-22(17-15-21)26-24-9-5-4-8-23(24)20-12-10-19(11-13-20)18-6-2-1-3-7-18/h1-17,26-28H. The third-order valence-electron chi connectivity index (χ3n) is 4.72. The molecule has 0 aliphatic heterocycles. The van der Waals surface area contributed by atoms with Gasteiger partial charge in [-0.3, -0.25) is 0 Å². The van der Waals surface area contributed by atoms with Crippen LogP contribution >= 0.6 is 0 Å². The first-order valence-corrected chi connectivity index (χ1v) is 9.19. The molecule has 0 bridgehead atoms. The zero-order chi connectivity index (χ0) is 19.3. The van der Waals surface area contributed by atoms with Crippen molar-refractivity contribution in [3.05, 3.63) is 103 Å². The van der Waals surface area contributed by atoms with E-state index in [9.17, 15) is 10.0 Å². The van der Waals surface area contributed by atoms with Gasteiger partial charge in [0.25, 0.3) is 0 Å². The lowest BCUT2D eigenvalue weighted by molar-refractivity contribution is 0.426. The summed E-state index contributed by atoms with van der Waals surface area (Å²) in [6.07, 6.45) is 0. The Morgan fingerprint density at radius 3 is 1.79 bits per heavy atom. The van der Waals surface area contributed by atoms with Crippen LogP contribution in [0.15, 0.2) is 103 Å². The third kappa shape index (κ3) is 3.99. The molecular weight excluding hydrogens is 345 g/mol. The molecule has 0 saturated carbocycles. The molecular formula is C24H20BNO2. The minimum Gasteiger partial charge on any atom is -0.423 e. The first kappa shape index (κ1) is 18.0. The lowest BCUT2D eigenvalue weighted by Gasteiger charge is -2.13. The van der Waals surface area contributed by atoms with Gasteiger partial charge in [-0.2, -0.15) is 0 Å². The predicted molar refractivity (Wildman–Crippen MR) is 117 cm³/mol. The Bertz CT molecular complexity index is 1050. The number of para-hydroxylation sites is 1. The SMILES string of the molecule is OB(O)c1ccc(Nc2ccccc2-c2ccc(-c3ccccc3)cc2)cc1. The zero-order valence-electron chi connectivity index (χ0n) is 15.3. The second-order valence-corrected chi connectivity index (χ2v) is 6.61. The van der Waals surface area contributed by atoms with Crippen molar-refractivity contribution >= 4 is 24.0 Å². The van der Waals surface area contributed by atoms with E-state index in [4.69, 9.17) is 0 Å². The molecule has 28 heavy (non-hydrogen) atoms. The maximum atomic E-state index is 9.24. The quantitative estimate of drug-likeness (QED) is 0.458. The number of hydrogen-bond donors (Lipinski definition) is 3. The van der Waals surface area contributed by atoms with E-state index in [-0.39, 0.29) is 0 Å². The Morgan fingerprint density at radius 2 is 1.11 bits per heavy atom. The number of nitrogens with one attached hydrogen (secondary N) is 1. The molecule has 0 saturated heterocycles. The summed E-state index contributed by atoms with van der Waals surface area (Å²) >= 11 is 0. The van der Waals surface area contributed by atoms with Crippen molar-refractivity contribution in [3.63, 3.8) is 0 Å². The summed E-state index contributed by atoms with van der Waals surface area (Å²) in [6, 6.07) is 34.1. The number of anilines is 2. The van der Waals surface area contributed by atoms with Gasteiger partial charge >= 0.3 is 7.12 Å². The zero-order valence-corrected chi connectivity index (χ0v) is 15.3. The van der Waals surface area contributed by atoms with E-state index in [2.05, 4.69) is 47.8 Å². The van der Waals surface area contributed by atoms with E-state index in [1.54, 1.807) is 12.1 Å². The molecule has 3 N–H and O–H groups in total. The monoisotopic (exact) mass is 365 g/mol. The molecule has 136 valence electrons. The summed E-state index contributed by atoms with van der Waals surface area (Å²) in [5, 5.41) is 21.9. The molecule has 0 unspecified atom stereocenters. The Morgan fingerprint density at radius 1 is 0.536 bits per heavy atom. The van der Waals surface area contributed by atoms with Crippen LogP contribution in [-0.2, 0) is 0 Å². The third-order valence-corrected chi connectivity index (χ3v) is 4.72. The maximum Gasteiger partial charge on any atom is 0.488 e. The fourth-order valence-electron chi connectivity index (χ4n) is 3.21. The van der Waals surface area contributed by atoms with Crippen LogP contribution in [0.5, 0.6) is 0 Å². The molecule has 4 rings (SSSR count). The van der Waals surface area contributed by atoms with Crippen LogP contribution in [0.25, 0.3) is 22.3 Å². The first-order chi connectivity index (χ1) is 13.7. The van der Waals surface area contributed by atoms with Crippen LogP contribution in [0, 0.1) is 0 Å². The number of rotatable bonds is 5. The smallest absolute Gasteiger partial charge is 0.423 e. The molecule has 4 aromatic carbocycles. The molecule has 4 aromatic rings. The summed E-state index contributed by atoms with van der Waals surface area (Å²) in [4.78, 5) is 0. The van der Waals surface area contributed by atoms with Crippen molar-refractivity contribution in [3.8, 4) is 22.3 Å². The first-order valence-electron chi connectivity index (χ1n) is 9.19. The molecule has 0 atom stereocenters. The Labute approximate surface area is 165 Å². The van der Waals surface area contributed by atoms with Gasteiger partial charge in [-0.25, -0.2) is 0 Å². The average molecular weight is 365 g/mol. The van der Waals surface area contributed by atoms with E-state index in [0.29, 0.717) is 5.46 Å². The largest absolute Gasteiger partial charge is 0.488 e. The Balaban J connectivity index is 1.61. The van der Waals surface area contributed by atoms with Gasteiger partial charge in [-0.1, -0.05) is 84.9 Å². The van der Waals surface area contributed by atoms with Gasteiger partial charge in [0.15, 0.2) is 0 Å². The minimum atomic E-state index is -1.45. The van der Waals surface area contributed by atoms with Crippen molar-refractivity contribution in [2.45, 2.75) is 0 Å². The van der Waals surface area contributed by atoms with E-state index < -0.39 is 7.12 Å². The highest BCUT2D eigenvalue weighted by Gasteiger charge is 2.10. The van der Waals surface area contributed by atoms with Crippen molar-refractivity contribution in [1.82, 2.24) is 0 Å². The molecule has 0 aromatic heterocycles. The van der Waals surface area contributed by atoms with Gasteiger partial charge in [0.05, 0.1) is 0 Å². The summed E-state index contributed by atoms with van der Waals surface area (Å²) in [7, 11) is -1.45. The highest BCUT2D eigenvalue weighted by molar-refractivity contribution is 6.58. The van der Waals surface area contributed by atoms with Crippen LogP contribution in [0.2, 0.25) is 0 Å². The minimum absolute atomic E-state index is 0.468. The van der Waals surface area contributed by atoms with Gasteiger partial charge in [-0.15, -0.1) is 0 Å². The van der Waals surface area contributed by atoms with Crippen LogP contribution < -0.4 is 10.8 Å². The summed E-state index contributed by atoms with van der Waals surface area (Å²) in [5.41, 5.74) is 6.97. The van der Waals surface area contributed by atoms with Crippen molar-refractivity contribution in [2.75, 3.05) is 5.32 Å². The normalized spacial score (nSPS) is 10.5. The molecule has 4 heteroatoms. The number of hydrogen-bond acceptors (Lipinski definition) is 3. The number of benzene rings is 4. The second kappa shape index (κ2) is 8.13. The lowest BCUT2D eigenvalue weighted by Crippen LogP contribution is -2.29. The lowest BCUT2D eigenvalue weighted by atomic mass is 9.80. The van der Waals surface area contributed by atoms with Gasteiger partial charge in [0, 0.05) is 16.9 Å². The highest BCUT2D eigenvalue weighted by atomic mass is 16.4. The molecule has 0 radical (unpaired) electrons.